The summed E-state index contributed by atoms with van der Waals surface area (Å²) >= 11 is 0. The minimum Gasteiger partial charge on any atom is -0.269 e. The van der Waals surface area contributed by atoms with Crippen molar-refractivity contribution in [3.05, 3.63) is 0 Å². The third-order valence-electron chi connectivity index (χ3n) is 3.13. The van der Waals surface area contributed by atoms with E-state index in [0.717, 1.165) is 30.6 Å². The molecular formula is C10H14N2O3. The highest BCUT2D eigenvalue weighted by Crippen LogP contribution is 2.28. The van der Waals surface area contributed by atoms with Gasteiger partial charge in [0.05, 0.1) is 0 Å². The smallest absolute Gasteiger partial charge is 0.269 e. The average Bonchev–Trinajstić information content (AvgIpc) is 2.41. The molecule has 2 aliphatic rings. The van der Waals surface area contributed by atoms with Gasteiger partial charge in [0.2, 0.25) is 0 Å². The molecule has 4 amide bonds. The second kappa shape index (κ2) is 3.64. The number of nitrogens with one attached hydrogen (secondary N) is 1. The maximum Gasteiger partial charge on any atom is 0.331 e. The van der Waals surface area contributed by atoms with Gasteiger partial charge in [-0.25, -0.2) is 4.79 Å². The van der Waals surface area contributed by atoms with Crippen molar-refractivity contribution in [1.29, 1.82) is 0 Å². The molecule has 5 nitrogen and oxygen atoms in total. The summed E-state index contributed by atoms with van der Waals surface area (Å²) in [5.74, 6) is -0.975. The fourth-order valence-electron chi connectivity index (χ4n) is 2.38. The predicted octanol–water partition coefficient (Wildman–Crippen LogP) is 0.643. The van der Waals surface area contributed by atoms with Crippen molar-refractivity contribution in [3.8, 4) is 0 Å². The van der Waals surface area contributed by atoms with Crippen LogP contribution in [0.1, 0.15) is 32.6 Å². The van der Waals surface area contributed by atoms with E-state index in [2.05, 4.69) is 6.92 Å². The number of amides is 4. The van der Waals surface area contributed by atoms with Crippen molar-refractivity contribution in [1.82, 2.24) is 10.2 Å². The molecule has 0 bridgehead atoms. The van der Waals surface area contributed by atoms with Gasteiger partial charge in [0.25, 0.3) is 0 Å². The van der Waals surface area contributed by atoms with Crippen LogP contribution in [0.2, 0.25) is 0 Å². The lowest BCUT2D eigenvalue weighted by atomic mass is 9.86. The number of carbonyl (C=O) groups excluding carboxylic acids is 3. The molecule has 5 heteroatoms. The summed E-state index contributed by atoms with van der Waals surface area (Å²) < 4.78 is 0. The van der Waals surface area contributed by atoms with E-state index in [0.29, 0.717) is 5.92 Å². The summed E-state index contributed by atoms with van der Waals surface area (Å²) in [4.78, 5) is 34.9. The van der Waals surface area contributed by atoms with E-state index in [1.807, 2.05) is 5.32 Å². The third-order valence-corrected chi connectivity index (χ3v) is 3.13. The predicted molar refractivity (Wildman–Crippen MR) is 51.8 cm³/mol. The molecule has 2 unspecified atom stereocenters. The zero-order valence-electron chi connectivity index (χ0n) is 8.66. The summed E-state index contributed by atoms with van der Waals surface area (Å²) in [6.45, 7) is 2.10. The Balaban J connectivity index is 2.12. The van der Waals surface area contributed by atoms with Crippen molar-refractivity contribution in [2.75, 3.05) is 0 Å². The summed E-state index contributed by atoms with van der Waals surface area (Å²) in [7, 11) is 0. The van der Waals surface area contributed by atoms with Gasteiger partial charge in [-0.2, -0.15) is 0 Å². The molecule has 0 radical (unpaired) electrons. The summed E-state index contributed by atoms with van der Waals surface area (Å²) in [5.41, 5.74) is 0. The van der Waals surface area contributed by atoms with Crippen molar-refractivity contribution in [3.63, 3.8) is 0 Å². The van der Waals surface area contributed by atoms with Crippen LogP contribution in [-0.2, 0) is 9.59 Å². The zero-order chi connectivity index (χ0) is 11.0. The lowest BCUT2D eigenvalue weighted by molar-refractivity contribution is -0.141. The van der Waals surface area contributed by atoms with Crippen molar-refractivity contribution in [2.24, 2.45) is 5.92 Å². The van der Waals surface area contributed by atoms with Gasteiger partial charge in [-0.3, -0.25) is 19.8 Å². The maximum atomic E-state index is 11.4. The van der Waals surface area contributed by atoms with Gasteiger partial charge in [-0.1, -0.05) is 19.8 Å². The number of imide groups is 2. The third kappa shape index (κ3) is 1.73. The minimum absolute atomic E-state index is 0.0901. The van der Waals surface area contributed by atoms with Gasteiger partial charge in [0.15, 0.2) is 0 Å². The first kappa shape index (κ1) is 10.1. The zero-order valence-corrected chi connectivity index (χ0v) is 8.66. The quantitative estimate of drug-likeness (QED) is 0.510. The summed E-state index contributed by atoms with van der Waals surface area (Å²) in [6.07, 6.45) is 3.77. The lowest BCUT2D eigenvalue weighted by Crippen LogP contribution is -2.43. The largest absolute Gasteiger partial charge is 0.331 e. The van der Waals surface area contributed by atoms with Gasteiger partial charge >= 0.3 is 17.8 Å². The first-order valence-electron chi connectivity index (χ1n) is 5.28. The van der Waals surface area contributed by atoms with E-state index in [1.54, 1.807) is 0 Å². The number of nitrogens with zero attached hydrogens (tertiary/aromatic N) is 1. The Labute approximate surface area is 87.8 Å². The summed E-state index contributed by atoms with van der Waals surface area (Å²) in [5, 5.41) is 2.03. The molecule has 2 rings (SSSR count). The van der Waals surface area contributed by atoms with E-state index >= 15 is 0 Å². The fourth-order valence-corrected chi connectivity index (χ4v) is 2.38. The minimum atomic E-state index is -0.793. The molecule has 0 spiro atoms. The Hall–Kier alpha value is -1.39. The second-order valence-corrected chi connectivity index (χ2v) is 4.36. The Morgan fingerprint density at radius 1 is 1.27 bits per heavy atom. The molecule has 2 atom stereocenters. The van der Waals surface area contributed by atoms with Crippen LogP contribution in [0, 0.1) is 5.92 Å². The Morgan fingerprint density at radius 2 is 2.00 bits per heavy atom. The van der Waals surface area contributed by atoms with Crippen LogP contribution >= 0.6 is 0 Å². The Morgan fingerprint density at radius 3 is 2.53 bits per heavy atom. The molecule has 1 saturated heterocycles. The number of hydrogen-bond donors (Lipinski definition) is 1. The summed E-state index contributed by atoms with van der Waals surface area (Å²) in [6, 6.07) is -0.642. The number of urea groups is 1. The highest BCUT2D eigenvalue weighted by atomic mass is 16.2. The molecule has 1 aliphatic heterocycles. The van der Waals surface area contributed by atoms with Gasteiger partial charge in [0.1, 0.15) is 0 Å². The first-order chi connectivity index (χ1) is 7.09. The normalized spacial score (nSPS) is 32.1. The molecule has 15 heavy (non-hydrogen) atoms. The number of carbonyl (C=O) groups is 3. The van der Waals surface area contributed by atoms with Gasteiger partial charge in [0, 0.05) is 6.04 Å². The molecule has 1 N–H and O–H groups in total. The van der Waals surface area contributed by atoms with Crippen LogP contribution in [0.25, 0.3) is 0 Å². The molecular weight excluding hydrogens is 196 g/mol. The van der Waals surface area contributed by atoms with Gasteiger partial charge in [-0.15, -0.1) is 0 Å². The second-order valence-electron chi connectivity index (χ2n) is 4.36. The van der Waals surface area contributed by atoms with Crippen LogP contribution in [0.4, 0.5) is 4.79 Å². The van der Waals surface area contributed by atoms with E-state index < -0.39 is 17.8 Å². The van der Waals surface area contributed by atoms with E-state index in [1.165, 1.54) is 0 Å². The van der Waals surface area contributed by atoms with Crippen LogP contribution in [0.5, 0.6) is 0 Å². The topological polar surface area (TPSA) is 66.5 Å². The Kier molecular flexibility index (Phi) is 2.46. The maximum absolute atomic E-state index is 11.4. The number of rotatable bonds is 1. The van der Waals surface area contributed by atoms with E-state index in [4.69, 9.17) is 0 Å². The molecule has 2 fully saturated rings. The lowest BCUT2D eigenvalue weighted by Gasteiger charge is -2.31. The molecule has 1 aliphatic carbocycles. The van der Waals surface area contributed by atoms with Crippen molar-refractivity contribution < 1.29 is 14.4 Å². The van der Waals surface area contributed by atoms with Gasteiger partial charge in [-0.05, 0) is 18.8 Å². The number of hydrogen-bond acceptors (Lipinski definition) is 3. The van der Waals surface area contributed by atoms with Gasteiger partial charge < -0.3 is 0 Å². The molecule has 82 valence electrons. The van der Waals surface area contributed by atoms with Crippen molar-refractivity contribution in [2.45, 2.75) is 38.6 Å². The molecule has 1 saturated carbocycles. The molecule has 1 heterocycles. The molecule has 0 aromatic heterocycles. The standard InChI is InChI=1S/C10H14N2O3/c1-6-3-2-4-7(5-6)12-9(14)8(13)11-10(12)15/h6-7H,2-5H2,1H3,(H,11,13,15). The highest BCUT2D eigenvalue weighted by molar-refractivity contribution is 6.44. The SMILES string of the molecule is CC1CCCC(N2C(=O)NC(=O)C2=O)C1. The fraction of sp³-hybridized carbons (Fsp3) is 0.700. The van der Waals surface area contributed by atoms with Crippen LogP contribution in [0.3, 0.4) is 0 Å². The molecule has 0 aromatic carbocycles. The van der Waals surface area contributed by atoms with Crippen molar-refractivity contribution >= 4 is 17.8 Å². The van der Waals surface area contributed by atoms with Crippen LogP contribution in [-0.4, -0.2) is 28.8 Å². The van der Waals surface area contributed by atoms with Crippen LogP contribution < -0.4 is 5.32 Å². The van der Waals surface area contributed by atoms with E-state index in [-0.39, 0.29) is 6.04 Å². The monoisotopic (exact) mass is 210 g/mol. The molecule has 0 aromatic rings. The van der Waals surface area contributed by atoms with E-state index in [9.17, 15) is 14.4 Å². The average molecular weight is 210 g/mol. The Bertz CT molecular complexity index is 327. The highest BCUT2D eigenvalue weighted by Gasteiger charge is 2.42. The van der Waals surface area contributed by atoms with Crippen LogP contribution in [0.15, 0.2) is 0 Å². The first-order valence-corrected chi connectivity index (χ1v) is 5.28.